The summed E-state index contributed by atoms with van der Waals surface area (Å²) in [5, 5.41) is 11.9. The molecule has 3 N–H and O–H groups in total. The number of aromatic nitrogens is 2. The molecule has 0 radical (unpaired) electrons. The van der Waals surface area contributed by atoms with E-state index in [1.54, 1.807) is 10.3 Å². The Morgan fingerprint density at radius 3 is 2.25 bits per heavy atom. The second-order valence-corrected chi connectivity index (χ2v) is 5.39. The smallest absolute Gasteiger partial charge is 0.368 e. The molecule has 1 aliphatic heterocycles. The van der Waals surface area contributed by atoms with Gasteiger partial charge in [-0.1, -0.05) is 11.6 Å². The molecule has 0 saturated carbocycles. The number of anilines is 1. The van der Waals surface area contributed by atoms with Crippen LogP contribution < -0.4 is 16.6 Å². The summed E-state index contributed by atoms with van der Waals surface area (Å²) in [6.45, 7) is 0. The van der Waals surface area contributed by atoms with Gasteiger partial charge in [-0.3, -0.25) is 14.6 Å². The van der Waals surface area contributed by atoms with Crippen LogP contribution in [-0.4, -0.2) is 26.7 Å². The van der Waals surface area contributed by atoms with E-state index in [0.29, 0.717) is 9.59 Å². The molecule has 1 aromatic carbocycles. The van der Waals surface area contributed by atoms with E-state index < -0.39 is 40.3 Å². The Morgan fingerprint density at radius 2 is 1.71 bits per heavy atom. The maximum atomic E-state index is 13.2. The predicted octanol–water partition coefficient (Wildman–Crippen LogP) is 0.881. The zero-order valence-corrected chi connectivity index (χ0v) is 12.2. The van der Waals surface area contributed by atoms with Gasteiger partial charge in [0.25, 0.3) is 17.1 Å². The van der Waals surface area contributed by atoms with Crippen LogP contribution in [0.1, 0.15) is 5.56 Å². The van der Waals surface area contributed by atoms with Gasteiger partial charge in [-0.05, 0) is 24.3 Å². The van der Waals surface area contributed by atoms with Crippen LogP contribution in [0.5, 0.6) is 0 Å². The molecule has 126 valence electrons. The Balaban J connectivity index is 2.39. The lowest BCUT2D eigenvalue weighted by Crippen LogP contribution is -2.50. The van der Waals surface area contributed by atoms with Crippen molar-refractivity contribution in [3.05, 3.63) is 55.7 Å². The van der Waals surface area contributed by atoms with Crippen LogP contribution in [0.4, 0.5) is 19.0 Å². The number of hydrogen-bond donors (Lipinski definition) is 3. The average molecular weight is 362 g/mol. The number of hydrogen-bond acceptors (Lipinski definition) is 4. The Kier molecular flexibility index (Phi) is 3.36. The van der Waals surface area contributed by atoms with Crippen LogP contribution in [0.2, 0.25) is 5.02 Å². The molecule has 2 aromatic rings. The highest BCUT2D eigenvalue weighted by atomic mass is 35.5. The van der Waals surface area contributed by atoms with E-state index >= 15 is 0 Å². The first-order valence-corrected chi connectivity index (χ1v) is 6.71. The number of fused-ring (bicyclic) bond motifs is 1. The summed E-state index contributed by atoms with van der Waals surface area (Å²) in [6.07, 6.45) is -5.46. The molecule has 11 heteroatoms. The zero-order chi connectivity index (χ0) is 17.9. The lowest BCUT2D eigenvalue weighted by atomic mass is 9.97. The molecule has 0 aliphatic carbocycles. The third-order valence-corrected chi connectivity index (χ3v) is 3.78. The van der Waals surface area contributed by atoms with Crippen molar-refractivity contribution in [2.75, 3.05) is 5.32 Å². The predicted molar refractivity (Wildman–Crippen MR) is 76.3 cm³/mol. The molecule has 0 fully saturated rings. The SMILES string of the molecule is O=C1Nc2c(c(=O)[nH]c(=O)n2-c2ccc(Cl)cc2)[C@@]1(O)C(F)(F)F. The number of nitrogens with zero attached hydrogens (tertiary/aromatic N) is 1. The number of rotatable bonds is 1. The number of alkyl halides is 3. The zero-order valence-electron chi connectivity index (χ0n) is 11.4. The topological polar surface area (TPSA) is 104 Å². The number of nitrogens with one attached hydrogen (secondary N) is 2. The van der Waals surface area contributed by atoms with Gasteiger partial charge < -0.3 is 10.4 Å². The Hall–Kier alpha value is -2.59. The quantitative estimate of drug-likeness (QED) is 0.701. The molecule has 1 aromatic heterocycles. The average Bonchev–Trinajstić information content (AvgIpc) is 2.74. The number of aliphatic hydroxyl groups is 1. The molecule has 1 aliphatic rings. The summed E-state index contributed by atoms with van der Waals surface area (Å²) < 4.78 is 40.2. The van der Waals surface area contributed by atoms with Crippen molar-refractivity contribution in [1.82, 2.24) is 9.55 Å². The normalized spacial score (nSPS) is 20.0. The van der Waals surface area contributed by atoms with Crippen LogP contribution >= 0.6 is 11.6 Å². The van der Waals surface area contributed by atoms with Crippen molar-refractivity contribution in [2.24, 2.45) is 0 Å². The maximum absolute atomic E-state index is 13.2. The van der Waals surface area contributed by atoms with Crippen molar-refractivity contribution in [1.29, 1.82) is 0 Å². The third kappa shape index (κ3) is 2.07. The van der Waals surface area contributed by atoms with Crippen molar-refractivity contribution in [3.8, 4) is 5.69 Å². The highest BCUT2D eigenvalue weighted by molar-refractivity contribution is 6.30. The van der Waals surface area contributed by atoms with Gasteiger partial charge in [0, 0.05) is 5.02 Å². The van der Waals surface area contributed by atoms with Crippen LogP contribution in [0, 0.1) is 0 Å². The molecule has 0 unspecified atom stereocenters. The van der Waals surface area contributed by atoms with E-state index in [0.717, 1.165) is 0 Å². The fourth-order valence-corrected chi connectivity index (χ4v) is 2.53. The molecule has 3 rings (SSSR count). The van der Waals surface area contributed by atoms with E-state index in [-0.39, 0.29) is 5.69 Å². The molecule has 0 bridgehead atoms. The fraction of sp³-hybridized carbons (Fsp3) is 0.154. The van der Waals surface area contributed by atoms with Crippen molar-refractivity contribution in [3.63, 3.8) is 0 Å². The second kappa shape index (κ2) is 4.95. The largest absolute Gasteiger partial charge is 0.431 e. The van der Waals surface area contributed by atoms with Crippen molar-refractivity contribution >= 4 is 23.3 Å². The van der Waals surface area contributed by atoms with E-state index in [2.05, 4.69) is 0 Å². The number of aromatic amines is 1. The second-order valence-electron chi connectivity index (χ2n) is 4.96. The molecule has 1 atom stereocenters. The molecule has 24 heavy (non-hydrogen) atoms. The number of benzene rings is 1. The first-order chi connectivity index (χ1) is 11.1. The number of amides is 1. The minimum absolute atomic E-state index is 0.0311. The first kappa shape index (κ1) is 16.3. The summed E-state index contributed by atoms with van der Waals surface area (Å²) in [5.41, 5.74) is -7.93. The summed E-state index contributed by atoms with van der Waals surface area (Å²) in [4.78, 5) is 37.2. The lowest BCUT2D eigenvalue weighted by Gasteiger charge is -2.22. The van der Waals surface area contributed by atoms with Gasteiger partial charge in [-0.2, -0.15) is 13.2 Å². The summed E-state index contributed by atoms with van der Waals surface area (Å²) >= 11 is 5.71. The van der Waals surface area contributed by atoms with E-state index in [9.17, 15) is 32.7 Å². The number of carbonyl (C=O) groups excluding carboxylic acids is 1. The Morgan fingerprint density at radius 1 is 1.12 bits per heavy atom. The Labute approximate surface area is 135 Å². The van der Waals surface area contributed by atoms with Gasteiger partial charge in [0.05, 0.1) is 5.69 Å². The van der Waals surface area contributed by atoms with Crippen LogP contribution in [0.15, 0.2) is 33.9 Å². The summed E-state index contributed by atoms with van der Waals surface area (Å²) in [6, 6.07) is 5.29. The van der Waals surface area contributed by atoms with Gasteiger partial charge >= 0.3 is 11.9 Å². The van der Waals surface area contributed by atoms with Gasteiger partial charge in [-0.15, -0.1) is 0 Å². The van der Waals surface area contributed by atoms with E-state index in [1.165, 1.54) is 24.3 Å². The van der Waals surface area contributed by atoms with Gasteiger partial charge in [0.2, 0.25) is 0 Å². The summed E-state index contributed by atoms with van der Waals surface area (Å²) in [7, 11) is 0. The lowest BCUT2D eigenvalue weighted by molar-refractivity contribution is -0.252. The van der Waals surface area contributed by atoms with Crippen LogP contribution in [0.3, 0.4) is 0 Å². The van der Waals surface area contributed by atoms with Crippen LogP contribution in [0.25, 0.3) is 5.69 Å². The maximum Gasteiger partial charge on any atom is 0.431 e. The standard InChI is InChI=1S/C13H7ClF3N3O4/c14-5-1-3-6(4-2-5)20-8-7(9(21)19-11(20)23)12(24,10(22)18-8)13(15,16)17/h1-4,24H,(H,18,22)(H,19,21,23)/t12-/m0/s1. The first-order valence-electron chi connectivity index (χ1n) is 6.33. The monoisotopic (exact) mass is 361 g/mol. The highest BCUT2D eigenvalue weighted by Crippen LogP contribution is 2.44. The number of H-pyrrole nitrogens is 1. The third-order valence-electron chi connectivity index (χ3n) is 3.53. The summed E-state index contributed by atoms with van der Waals surface area (Å²) in [5.74, 6) is -2.63. The molecular formula is C13H7ClF3N3O4. The molecule has 7 nitrogen and oxygen atoms in total. The Bertz CT molecular complexity index is 964. The minimum Gasteiger partial charge on any atom is -0.368 e. The molecule has 0 saturated heterocycles. The van der Waals surface area contributed by atoms with Crippen molar-refractivity contribution in [2.45, 2.75) is 11.8 Å². The number of carbonyl (C=O) groups is 1. The molecule has 1 amide bonds. The van der Waals surface area contributed by atoms with Gasteiger partial charge in [0.1, 0.15) is 11.4 Å². The molecule has 2 heterocycles. The molecule has 0 spiro atoms. The van der Waals surface area contributed by atoms with Gasteiger partial charge in [0.15, 0.2) is 0 Å². The molecular weight excluding hydrogens is 355 g/mol. The van der Waals surface area contributed by atoms with E-state index in [1.807, 2.05) is 0 Å². The van der Waals surface area contributed by atoms with Gasteiger partial charge in [-0.25, -0.2) is 9.36 Å². The minimum atomic E-state index is -5.46. The fourth-order valence-electron chi connectivity index (χ4n) is 2.41. The van der Waals surface area contributed by atoms with E-state index in [4.69, 9.17) is 11.6 Å². The highest BCUT2D eigenvalue weighted by Gasteiger charge is 2.66. The number of halogens is 4. The van der Waals surface area contributed by atoms with Crippen LogP contribution in [-0.2, 0) is 10.4 Å². The van der Waals surface area contributed by atoms with Crippen molar-refractivity contribution < 1.29 is 23.1 Å².